The van der Waals surface area contributed by atoms with Gasteiger partial charge in [0.1, 0.15) is 0 Å². The number of halogens is 1. The van der Waals surface area contributed by atoms with E-state index >= 15 is 0 Å². The predicted octanol–water partition coefficient (Wildman–Crippen LogP) is 4.43. The number of carbonyl (C=O) groups is 1. The molecule has 0 aliphatic rings. The molecule has 0 saturated heterocycles. The van der Waals surface area contributed by atoms with Gasteiger partial charge in [-0.1, -0.05) is 45.8 Å². The van der Waals surface area contributed by atoms with Gasteiger partial charge in [0, 0.05) is 16.7 Å². The van der Waals surface area contributed by atoms with Gasteiger partial charge in [-0.2, -0.15) is 0 Å². The number of nitrogens with one attached hydrogen (secondary N) is 2. The summed E-state index contributed by atoms with van der Waals surface area (Å²) in [4.78, 5) is 11.9. The molecule has 0 radical (unpaired) electrons. The highest BCUT2D eigenvalue weighted by atomic mass is 79.9. The van der Waals surface area contributed by atoms with Gasteiger partial charge in [0.25, 0.3) is 0 Å². The van der Waals surface area contributed by atoms with E-state index in [9.17, 15) is 4.79 Å². The molecule has 2 aromatic carbocycles. The lowest BCUT2D eigenvalue weighted by Crippen LogP contribution is -2.30. The standard InChI is InChI=1S/C17H19BrN2O/c1-12-3-5-14(6-4-12)9-10-19-17(21)20-16-8-7-15(18)11-13(16)2/h3-8,11H,9-10H2,1-2H3,(H2,19,20,21). The number of urea groups is 1. The average molecular weight is 347 g/mol. The molecule has 0 aliphatic heterocycles. The monoisotopic (exact) mass is 346 g/mol. The van der Waals surface area contributed by atoms with Crippen LogP contribution in [-0.2, 0) is 6.42 Å². The van der Waals surface area contributed by atoms with Crippen LogP contribution < -0.4 is 10.6 Å². The summed E-state index contributed by atoms with van der Waals surface area (Å²) in [6.07, 6.45) is 0.826. The zero-order valence-corrected chi connectivity index (χ0v) is 13.8. The van der Waals surface area contributed by atoms with E-state index in [2.05, 4.69) is 57.8 Å². The summed E-state index contributed by atoms with van der Waals surface area (Å²) < 4.78 is 1.00. The first-order valence-electron chi connectivity index (χ1n) is 6.91. The quantitative estimate of drug-likeness (QED) is 0.844. The van der Waals surface area contributed by atoms with Gasteiger partial charge in [0.15, 0.2) is 0 Å². The van der Waals surface area contributed by atoms with Crippen molar-refractivity contribution in [3.63, 3.8) is 0 Å². The van der Waals surface area contributed by atoms with E-state index in [0.29, 0.717) is 6.54 Å². The molecule has 2 aromatic rings. The first-order valence-corrected chi connectivity index (χ1v) is 7.70. The summed E-state index contributed by atoms with van der Waals surface area (Å²) >= 11 is 3.41. The van der Waals surface area contributed by atoms with E-state index in [1.54, 1.807) is 0 Å². The molecular formula is C17H19BrN2O. The second-order valence-electron chi connectivity index (χ2n) is 5.08. The maximum absolute atomic E-state index is 11.9. The third-order valence-corrected chi connectivity index (χ3v) is 3.75. The van der Waals surface area contributed by atoms with Crippen LogP contribution in [0, 0.1) is 13.8 Å². The Kier molecular flexibility index (Phi) is 5.39. The molecule has 4 heteroatoms. The van der Waals surface area contributed by atoms with Gasteiger partial charge in [-0.05, 0) is 49.6 Å². The lowest BCUT2D eigenvalue weighted by atomic mass is 10.1. The van der Waals surface area contributed by atoms with Crippen molar-refractivity contribution >= 4 is 27.6 Å². The first kappa shape index (κ1) is 15.6. The van der Waals surface area contributed by atoms with E-state index < -0.39 is 0 Å². The molecule has 0 aromatic heterocycles. The van der Waals surface area contributed by atoms with Crippen LogP contribution in [0.1, 0.15) is 16.7 Å². The van der Waals surface area contributed by atoms with Crippen LogP contribution in [0.3, 0.4) is 0 Å². The molecule has 2 rings (SSSR count). The Bertz CT molecular complexity index is 623. The van der Waals surface area contributed by atoms with Gasteiger partial charge in [-0.3, -0.25) is 0 Å². The summed E-state index contributed by atoms with van der Waals surface area (Å²) in [6, 6.07) is 13.9. The summed E-state index contributed by atoms with van der Waals surface area (Å²) in [7, 11) is 0. The van der Waals surface area contributed by atoms with E-state index in [1.165, 1.54) is 11.1 Å². The number of hydrogen-bond donors (Lipinski definition) is 2. The Hall–Kier alpha value is -1.81. The fourth-order valence-corrected chi connectivity index (χ4v) is 2.48. The molecule has 0 heterocycles. The van der Waals surface area contributed by atoms with Crippen molar-refractivity contribution in [2.24, 2.45) is 0 Å². The number of hydrogen-bond acceptors (Lipinski definition) is 1. The fraction of sp³-hybridized carbons (Fsp3) is 0.235. The van der Waals surface area contributed by atoms with E-state index in [4.69, 9.17) is 0 Å². The van der Waals surface area contributed by atoms with E-state index in [0.717, 1.165) is 22.1 Å². The van der Waals surface area contributed by atoms with Crippen molar-refractivity contribution in [3.8, 4) is 0 Å². The summed E-state index contributed by atoms with van der Waals surface area (Å²) in [5, 5.41) is 5.74. The number of aryl methyl sites for hydroxylation is 2. The number of anilines is 1. The number of amides is 2. The Morgan fingerprint density at radius 3 is 2.48 bits per heavy atom. The molecule has 2 N–H and O–H groups in total. The minimum absolute atomic E-state index is 0.174. The third-order valence-electron chi connectivity index (χ3n) is 3.26. The first-order chi connectivity index (χ1) is 10.0. The second kappa shape index (κ2) is 7.27. The van der Waals surface area contributed by atoms with Crippen molar-refractivity contribution < 1.29 is 4.79 Å². The Labute approximate surface area is 133 Å². The smallest absolute Gasteiger partial charge is 0.319 e. The Morgan fingerprint density at radius 1 is 1.10 bits per heavy atom. The number of carbonyl (C=O) groups excluding carboxylic acids is 1. The van der Waals surface area contributed by atoms with Crippen molar-refractivity contribution in [2.45, 2.75) is 20.3 Å². The lowest BCUT2D eigenvalue weighted by molar-refractivity contribution is 0.252. The van der Waals surface area contributed by atoms with Crippen LogP contribution in [0.25, 0.3) is 0 Å². The molecule has 0 saturated carbocycles. The van der Waals surface area contributed by atoms with Gasteiger partial charge < -0.3 is 10.6 Å². The van der Waals surface area contributed by atoms with Gasteiger partial charge in [0.05, 0.1) is 0 Å². The minimum Gasteiger partial charge on any atom is -0.338 e. The Morgan fingerprint density at radius 2 is 1.81 bits per heavy atom. The van der Waals surface area contributed by atoms with Crippen LogP contribution in [-0.4, -0.2) is 12.6 Å². The van der Waals surface area contributed by atoms with Crippen LogP contribution in [0.5, 0.6) is 0 Å². The SMILES string of the molecule is Cc1ccc(CCNC(=O)Nc2ccc(Br)cc2C)cc1. The molecule has 0 bridgehead atoms. The van der Waals surface area contributed by atoms with Crippen LogP contribution in [0.2, 0.25) is 0 Å². The van der Waals surface area contributed by atoms with Gasteiger partial charge >= 0.3 is 6.03 Å². The minimum atomic E-state index is -0.174. The van der Waals surface area contributed by atoms with Crippen LogP contribution >= 0.6 is 15.9 Å². The van der Waals surface area contributed by atoms with Crippen LogP contribution in [0.4, 0.5) is 10.5 Å². The summed E-state index contributed by atoms with van der Waals surface area (Å²) in [6.45, 7) is 4.65. The summed E-state index contributed by atoms with van der Waals surface area (Å²) in [5.74, 6) is 0. The van der Waals surface area contributed by atoms with Gasteiger partial charge in [0.2, 0.25) is 0 Å². The maximum Gasteiger partial charge on any atom is 0.319 e. The van der Waals surface area contributed by atoms with Crippen molar-refractivity contribution in [1.82, 2.24) is 5.32 Å². The molecule has 0 fully saturated rings. The number of rotatable bonds is 4. The van der Waals surface area contributed by atoms with E-state index in [-0.39, 0.29) is 6.03 Å². The molecule has 0 unspecified atom stereocenters. The highest BCUT2D eigenvalue weighted by Gasteiger charge is 2.04. The molecule has 21 heavy (non-hydrogen) atoms. The second-order valence-corrected chi connectivity index (χ2v) is 5.99. The largest absolute Gasteiger partial charge is 0.338 e. The normalized spacial score (nSPS) is 10.2. The zero-order valence-electron chi connectivity index (χ0n) is 12.2. The third kappa shape index (κ3) is 4.90. The topological polar surface area (TPSA) is 41.1 Å². The highest BCUT2D eigenvalue weighted by molar-refractivity contribution is 9.10. The fourth-order valence-electron chi connectivity index (χ4n) is 2.01. The molecule has 0 atom stereocenters. The maximum atomic E-state index is 11.9. The predicted molar refractivity (Wildman–Crippen MR) is 90.8 cm³/mol. The summed E-state index contributed by atoms with van der Waals surface area (Å²) in [5.41, 5.74) is 4.32. The van der Waals surface area contributed by atoms with Gasteiger partial charge in [-0.15, -0.1) is 0 Å². The molecule has 2 amide bonds. The Balaban J connectivity index is 1.81. The average Bonchev–Trinajstić information content (AvgIpc) is 2.44. The number of benzene rings is 2. The lowest BCUT2D eigenvalue weighted by Gasteiger charge is -2.10. The van der Waals surface area contributed by atoms with Crippen molar-refractivity contribution in [1.29, 1.82) is 0 Å². The zero-order chi connectivity index (χ0) is 15.2. The molecule has 110 valence electrons. The van der Waals surface area contributed by atoms with Crippen molar-refractivity contribution in [2.75, 3.05) is 11.9 Å². The molecule has 0 aliphatic carbocycles. The molecule has 0 spiro atoms. The molecule has 3 nitrogen and oxygen atoms in total. The highest BCUT2D eigenvalue weighted by Crippen LogP contribution is 2.19. The van der Waals surface area contributed by atoms with Crippen molar-refractivity contribution in [3.05, 3.63) is 63.6 Å². The van der Waals surface area contributed by atoms with Crippen LogP contribution in [0.15, 0.2) is 46.9 Å². The van der Waals surface area contributed by atoms with E-state index in [1.807, 2.05) is 25.1 Å². The molecular weight excluding hydrogens is 328 g/mol. The van der Waals surface area contributed by atoms with Gasteiger partial charge in [-0.25, -0.2) is 4.79 Å².